The Kier molecular flexibility index (Phi) is 3.07. The molecule has 94 valence electrons. The highest BCUT2D eigenvalue weighted by Gasteiger charge is 2.00. The zero-order valence-corrected chi connectivity index (χ0v) is 10.5. The molecule has 0 aliphatic rings. The second-order valence-electron chi connectivity index (χ2n) is 4.55. The van der Waals surface area contributed by atoms with E-state index in [1.807, 2.05) is 48.5 Å². The number of anilines is 1. The molecule has 0 spiro atoms. The van der Waals surface area contributed by atoms with Gasteiger partial charge < -0.3 is 10.4 Å². The van der Waals surface area contributed by atoms with Crippen LogP contribution in [0.15, 0.2) is 66.7 Å². The first kappa shape index (κ1) is 11.6. The van der Waals surface area contributed by atoms with Crippen LogP contribution in [0, 0.1) is 0 Å². The summed E-state index contributed by atoms with van der Waals surface area (Å²) in [6.07, 6.45) is 0. The van der Waals surface area contributed by atoms with Crippen molar-refractivity contribution in [2.75, 3.05) is 5.32 Å². The zero-order valence-electron chi connectivity index (χ0n) is 10.5. The average Bonchev–Trinajstić information content (AvgIpc) is 2.47. The molecule has 0 aromatic heterocycles. The van der Waals surface area contributed by atoms with E-state index in [2.05, 4.69) is 17.4 Å². The number of benzene rings is 3. The molecule has 0 saturated heterocycles. The molecule has 3 aromatic carbocycles. The van der Waals surface area contributed by atoms with Crippen molar-refractivity contribution < 1.29 is 5.11 Å². The summed E-state index contributed by atoms with van der Waals surface area (Å²) in [4.78, 5) is 0. The maximum Gasteiger partial charge on any atom is 0.123 e. The Labute approximate surface area is 112 Å². The molecule has 2 N–H and O–H groups in total. The normalized spacial score (nSPS) is 10.5. The lowest BCUT2D eigenvalue weighted by Crippen LogP contribution is -1.98. The van der Waals surface area contributed by atoms with E-state index in [9.17, 15) is 5.11 Å². The molecule has 3 rings (SSSR count). The van der Waals surface area contributed by atoms with Gasteiger partial charge in [-0.3, -0.25) is 0 Å². The van der Waals surface area contributed by atoms with E-state index < -0.39 is 0 Å². The Hall–Kier alpha value is -2.48. The van der Waals surface area contributed by atoms with Gasteiger partial charge in [-0.25, -0.2) is 0 Å². The smallest absolute Gasteiger partial charge is 0.123 e. The van der Waals surface area contributed by atoms with Crippen LogP contribution in [-0.2, 0) is 6.54 Å². The van der Waals surface area contributed by atoms with Crippen LogP contribution >= 0.6 is 0 Å². The molecule has 0 fully saturated rings. The van der Waals surface area contributed by atoms with Crippen molar-refractivity contribution in [3.63, 3.8) is 0 Å². The first-order chi connectivity index (χ1) is 9.33. The number of phenols is 1. The number of phenolic OH excluding ortho intramolecular Hbond substituents is 1. The lowest BCUT2D eigenvalue weighted by atomic mass is 10.1. The van der Waals surface area contributed by atoms with Gasteiger partial charge >= 0.3 is 0 Å². The fourth-order valence-electron chi connectivity index (χ4n) is 2.17. The summed E-state index contributed by atoms with van der Waals surface area (Å²) in [6.45, 7) is 0.778. The Morgan fingerprint density at radius 3 is 2.53 bits per heavy atom. The van der Waals surface area contributed by atoms with Crippen LogP contribution < -0.4 is 5.32 Å². The van der Waals surface area contributed by atoms with Crippen LogP contribution in [0.25, 0.3) is 10.8 Å². The summed E-state index contributed by atoms with van der Waals surface area (Å²) in [5.74, 6) is 0.320. The lowest BCUT2D eigenvalue weighted by Gasteiger charge is -2.08. The van der Waals surface area contributed by atoms with Gasteiger partial charge in [0.1, 0.15) is 5.75 Å². The maximum atomic E-state index is 9.85. The van der Waals surface area contributed by atoms with E-state index in [4.69, 9.17) is 0 Å². The molecular weight excluding hydrogens is 234 g/mol. The van der Waals surface area contributed by atoms with Gasteiger partial charge in [0, 0.05) is 17.6 Å². The fraction of sp³-hybridized carbons (Fsp3) is 0.0588. The van der Waals surface area contributed by atoms with Crippen molar-refractivity contribution in [2.45, 2.75) is 6.54 Å². The highest BCUT2D eigenvalue weighted by molar-refractivity contribution is 5.90. The summed E-state index contributed by atoms with van der Waals surface area (Å²) in [5, 5.41) is 15.1. The van der Waals surface area contributed by atoms with Crippen molar-refractivity contribution in [3.05, 3.63) is 72.3 Å². The third-order valence-corrected chi connectivity index (χ3v) is 3.20. The number of fused-ring (bicyclic) bond motifs is 1. The van der Waals surface area contributed by atoms with Crippen molar-refractivity contribution in [1.29, 1.82) is 0 Å². The Morgan fingerprint density at radius 1 is 0.842 bits per heavy atom. The van der Waals surface area contributed by atoms with Crippen molar-refractivity contribution >= 4 is 16.5 Å². The van der Waals surface area contributed by atoms with Crippen molar-refractivity contribution in [2.24, 2.45) is 0 Å². The maximum absolute atomic E-state index is 9.85. The SMILES string of the molecule is Oc1cccc2ccc(NCc3ccccc3)cc12. The van der Waals surface area contributed by atoms with Gasteiger partial charge in [0.05, 0.1) is 0 Å². The second kappa shape index (κ2) is 5.02. The molecule has 0 saturated carbocycles. The number of nitrogens with one attached hydrogen (secondary N) is 1. The molecule has 0 bridgehead atoms. The highest BCUT2D eigenvalue weighted by Crippen LogP contribution is 2.27. The first-order valence-corrected chi connectivity index (χ1v) is 6.32. The fourth-order valence-corrected chi connectivity index (χ4v) is 2.17. The summed E-state index contributed by atoms with van der Waals surface area (Å²) >= 11 is 0. The Bertz CT molecular complexity index is 692. The van der Waals surface area contributed by atoms with Gasteiger partial charge in [-0.05, 0) is 29.1 Å². The van der Waals surface area contributed by atoms with Gasteiger partial charge in [0.25, 0.3) is 0 Å². The number of aromatic hydroxyl groups is 1. The van der Waals surface area contributed by atoms with Gasteiger partial charge in [-0.1, -0.05) is 48.5 Å². The average molecular weight is 249 g/mol. The topological polar surface area (TPSA) is 32.3 Å². The molecule has 2 heteroatoms. The van der Waals surface area contributed by atoms with Crippen LogP contribution in [0.2, 0.25) is 0 Å². The summed E-state index contributed by atoms with van der Waals surface area (Å²) < 4.78 is 0. The molecular formula is C17H15NO. The molecule has 0 heterocycles. The zero-order chi connectivity index (χ0) is 13.1. The van der Waals surface area contributed by atoms with E-state index in [1.54, 1.807) is 6.07 Å². The molecule has 0 radical (unpaired) electrons. The quantitative estimate of drug-likeness (QED) is 0.730. The van der Waals surface area contributed by atoms with Gasteiger partial charge in [-0.15, -0.1) is 0 Å². The van der Waals surface area contributed by atoms with Crippen LogP contribution in [-0.4, -0.2) is 5.11 Å². The molecule has 0 unspecified atom stereocenters. The molecule has 3 aromatic rings. The third kappa shape index (κ3) is 2.52. The standard InChI is InChI=1S/C17H15NO/c19-17-8-4-7-14-9-10-15(11-16(14)17)18-12-13-5-2-1-3-6-13/h1-11,18-19H,12H2. The van der Waals surface area contributed by atoms with E-state index in [1.165, 1.54) is 5.56 Å². The molecule has 19 heavy (non-hydrogen) atoms. The minimum atomic E-state index is 0.320. The van der Waals surface area contributed by atoms with Crippen LogP contribution in [0.4, 0.5) is 5.69 Å². The lowest BCUT2D eigenvalue weighted by molar-refractivity contribution is 0.481. The second-order valence-corrected chi connectivity index (χ2v) is 4.55. The van der Waals surface area contributed by atoms with E-state index in [0.717, 1.165) is 23.0 Å². The van der Waals surface area contributed by atoms with Gasteiger partial charge in [0.2, 0.25) is 0 Å². The molecule has 2 nitrogen and oxygen atoms in total. The minimum absolute atomic E-state index is 0.320. The predicted octanol–water partition coefficient (Wildman–Crippen LogP) is 4.16. The highest BCUT2D eigenvalue weighted by atomic mass is 16.3. The predicted molar refractivity (Wildman–Crippen MR) is 79.4 cm³/mol. The van der Waals surface area contributed by atoms with E-state index in [-0.39, 0.29) is 0 Å². The number of hydrogen-bond donors (Lipinski definition) is 2. The largest absolute Gasteiger partial charge is 0.507 e. The van der Waals surface area contributed by atoms with E-state index in [0.29, 0.717) is 5.75 Å². The molecule has 0 atom stereocenters. The van der Waals surface area contributed by atoms with Crippen LogP contribution in [0.5, 0.6) is 5.75 Å². The summed E-state index contributed by atoms with van der Waals surface area (Å²) in [6, 6.07) is 21.8. The summed E-state index contributed by atoms with van der Waals surface area (Å²) in [5.41, 5.74) is 2.25. The Morgan fingerprint density at radius 2 is 1.68 bits per heavy atom. The Balaban J connectivity index is 1.84. The van der Waals surface area contributed by atoms with Crippen molar-refractivity contribution in [1.82, 2.24) is 0 Å². The van der Waals surface area contributed by atoms with E-state index >= 15 is 0 Å². The number of hydrogen-bond acceptors (Lipinski definition) is 2. The minimum Gasteiger partial charge on any atom is -0.507 e. The molecule has 0 amide bonds. The van der Waals surface area contributed by atoms with Gasteiger partial charge in [0.15, 0.2) is 0 Å². The molecule has 0 aliphatic carbocycles. The number of rotatable bonds is 3. The van der Waals surface area contributed by atoms with Crippen LogP contribution in [0.3, 0.4) is 0 Å². The monoisotopic (exact) mass is 249 g/mol. The van der Waals surface area contributed by atoms with Crippen molar-refractivity contribution in [3.8, 4) is 5.75 Å². The van der Waals surface area contributed by atoms with Gasteiger partial charge in [-0.2, -0.15) is 0 Å². The summed E-state index contributed by atoms with van der Waals surface area (Å²) in [7, 11) is 0. The third-order valence-electron chi connectivity index (χ3n) is 3.20. The first-order valence-electron chi connectivity index (χ1n) is 6.32. The molecule has 0 aliphatic heterocycles. The van der Waals surface area contributed by atoms with Crippen LogP contribution in [0.1, 0.15) is 5.56 Å².